The molecule has 1 amide bonds. The van der Waals surface area contributed by atoms with E-state index < -0.39 is 0 Å². The van der Waals surface area contributed by atoms with Gasteiger partial charge >= 0.3 is 0 Å². The Balaban J connectivity index is 2.10. The van der Waals surface area contributed by atoms with Crippen molar-refractivity contribution in [1.29, 1.82) is 0 Å². The first kappa shape index (κ1) is 15.5. The van der Waals surface area contributed by atoms with Crippen LogP contribution in [-0.4, -0.2) is 19.2 Å². The molecule has 0 saturated carbocycles. The molecule has 0 fully saturated rings. The maximum Gasteiger partial charge on any atom is 0.275 e. The van der Waals surface area contributed by atoms with Crippen LogP contribution < -0.4 is 10.2 Å². The number of methoxy groups -OCH3 is 1. The summed E-state index contributed by atoms with van der Waals surface area (Å²) < 4.78 is 5.94. The average molecular weight is 368 g/mol. The summed E-state index contributed by atoms with van der Waals surface area (Å²) in [4.78, 5) is 12.1. The van der Waals surface area contributed by atoms with Crippen LogP contribution in [0.2, 0.25) is 5.02 Å². The second-order valence-corrected chi connectivity index (χ2v) is 5.45. The Hall–Kier alpha value is -1.85. The molecular formula is C15H12BrClN2O2. The number of ether oxygens (including phenoxy) is 1. The number of benzene rings is 2. The highest BCUT2D eigenvalue weighted by Crippen LogP contribution is 2.22. The zero-order valence-corrected chi connectivity index (χ0v) is 13.5. The Morgan fingerprint density at radius 2 is 2.14 bits per heavy atom. The van der Waals surface area contributed by atoms with Gasteiger partial charge in [0.05, 0.1) is 18.9 Å². The van der Waals surface area contributed by atoms with Crippen LogP contribution in [0.5, 0.6) is 5.75 Å². The fourth-order valence-electron chi connectivity index (χ4n) is 1.67. The molecule has 0 aliphatic carbocycles. The number of hydrogen-bond donors (Lipinski definition) is 1. The van der Waals surface area contributed by atoms with Crippen molar-refractivity contribution >= 4 is 39.7 Å². The highest BCUT2D eigenvalue weighted by Gasteiger charge is 2.11. The number of hydrazone groups is 1. The minimum atomic E-state index is -0.355. The van der Waals surface area contributed by atoms with Gasteiger partial charge in [0.2, 0.25) is 0 Å². The molecule has 108 valence electrons. The van der Waals surface area contributed by atoms with Gasteiger partial charge in [-0.1, -0.05) is 39.7 Å². The molecule has 0 saturated heterocycles. The maximum atomic E-state index is 12.1. The van der Waals surface area contributed by atoms with E-state index in [-0.39, 0.29) is 5.91 Å². The molecule has 0 aromatic heterocycles. The van der Waals surface area contributed by atoms with E-state index in [2.05, 4.69) is 26.5 Å². The number of hydrogen-bond acceptors (Lipinski definition) is 3. The molecule has 1 N–H and O–H groups in total. The van der Waals surface area contributed by atoms with Crippen LogP contribution in [0.4, 0.5) is 0 Å². The number of nitrogens with one attached hydrogen (secondary N) is 1. The Labute approximate surface area is 135 Å². The minimum absolute atomic E-state index is 0.355. The third-order valence-electron chi connectivity index (χ3n) is 2.63. The highest BCUT2D eigenvalue weighted by atomic mass is 79.9. The molecule has 2 aromatic carbocycles. The molecule has 2 rings (SSSR count). The summed E-state index contributed by atoms with van der Waals surface area (Å²) in [6, 6.07) is 12.3. The van der Waals surface area contributed by atoms with E-state index in [4.69, 9.17) is 16.3 Å². The molecule has 0 bridgehead atoms. The van der Waals surface area contributed by atoms with Gasteiger partial charge in [-0.2, -0.15) is 5.10 Å². The number of rotatable bonds is 4. The molecule has 0 aliphatic heterocycles. The lowest BCUT2D eigenvalue weighted by atomic mass is 10.2. The van der Waals surface area contributed by atoms with Crippen LogP contribution in [0, 0.1) is 0 Å². The second kappa shape index (κ2) is 7.24. The van der Waals surface area contributed by atoms with Crippen LogP contribution in [0.25, 0.3) is 0 Å². The van der Waals surface area contributed by atoms with Crippen molar-refractivity contribution in [2.75, 3.05) is 7.11 Å². The quantitative estimate of drug-likeness (QED) is 0.659. The van der Waals surface area contributed by atoms with Gasteiger partial charge in [-0.25, -0.2) is 5.43 Å². The van der Waals surface area contributed by atoms with E-state index in [1.54, 1.807) is 30.3 Å². The first-order valence-corrected chi connectivity index (χ1v) is 7.20. The van der Waals surface area contributed by atoms with Crippen molar-refractivity contribution in [3.8, 4) is 5.75 Å². The predicted molar refractivity (Wildman–Crippen MR) is 87.2 cm³/mol. The largest absolute Gasteiger partial charge is 0.496 e. The Kier molecular flexibility index (Phi) is 5.36. The van der Waals surface area contributed by atoms with Gasteiger partial charge in [0.15, 0.2) is 0 Å². The van der Waals surface area contributed by atoms with Crippen molar-refractivity contribution in [3.05, 3.63) is 63.1 Å². The van der Waals surface area contributed by atoms with E-state index in [1.807, 2.05) is 12.1 Å². The lowest BCUT2D eigenvalue weighted by molar-refractivity contribution is 0.0952. The first-order valence-electron chi connectivity index (χ1n) is 6.02. The number of amides is 1. The molecule has 4 nitrogen and oxygen atoms in total. The van der Waals surface area contributed by atoms with Crippen LogP contribution in [-0.2, 0) is 0 Å². The molecule has 21 heavy (non-hydrogen) atoms. The van der Waals surface area contributed by atoms with Gasteiger partial charge < -0.3 is 4.74 Å². The predicted octanol–water partition coefficient (Wildman–Crippen LogP) is 3.88. The summed E-state index contributed by atoms with van der Waals surface area (Å²) in [5.74, 6) is 0.125. The van der Waals surface area contributed by atoms with Crippen LogP contribution >= 0.6 is 27.5 Å². The standard InChI is InChI=1S/C15H12BrClN2O2/c1-21-14-6-5-11(16)8-13(14)15(20)19-18-9-10-3-2-4-12(17)7-10/h2-9H,1H3,(H,19,20). The van der Waals surface area contributed by atoms with E-state index in [9.17, 15) is 4.79 Å². The summed E-state index contributed by atoms with van der Waals surface area (Å²) in [6.07, 6.45) is 1.52. The molecule has 0 spiro atoms. The first-order chi connectivity index (χ1) is 10.1. The zero-order chi connectivity index (χ0) is 15.2. The van der Waals surface area contributed by atoms with Gasteiger partial charge in [0.1, 0.15) is 5.75 Å². The SMILES string of the molecule is COc1ccc(Br)cc1C(=O)NN=Cc1cccc(Cl)c1. The van der Waals surface area contributed by atoms with Gasteiger partial charge in [-0.3, -0.25) is 4.79 Å². The van der Waals surface area contributed by atoms with E-state index in [0.717, 1.165) is 10.0 Å². The molecule has 0 unspecified atom stereocenters. The molecule has 0 radical (unpaired) electrons. The van der Waals surface area contributed by atoms with Gasteiger partial charge in [-0.05, 0) is 35.9 Å². The lowest BCUT2D eigenvalue weighted by Crippen LogP contribution is -2.18. The fraction of sp³-hybridized carbons (Fsp3) is 0.0667. The monoisotopic (exact) mass is 366 g/mol. The molecule has 0 atom stereocenters. The van der Waals surface area contributed by atoms with Crippen molar-refractivity contribution in [3.63, 3.8) is 0 Å². The molecule has 0 heterocycles. The zero-order valence-electron chi connectivity index (χ0n) is 11.1. The molecule has 0 aliphatic rings. The van der Waals surface area contributed by atoms with Crippen molar-refractivity contribution < 1.29 is 9.53 Å². The lowest BCUT2D eigenvalue weighted by Gasteiger charge is -2.07. The Morgan fingerprint density at radius 1 is 1.33 bits per heavy atom. The van der Waals surface area contributed by atoms with Gasteiger partial charge in [0, 0.05) is 9.50 Å². The minimum Gasteiger partial charge on any atom is -0.496 e. The van der Waals surface area contributed by atoms with Crippen molar-refractivity contribution in [1.82, 2.24) is 5.43 Å². The smallest absolute Gasteiger partial charge is 0.275 e. The fourth-order valence-corrected chi connectivity index (χ4v) is 2.23. The van der Waals surface area contributed by atoms with Crippen LogP contribution in [0.3, 0.4) is 0 Å². The van der Waals surface area contributed by atoms with Crippen LogP contribution in [0.1, 0.15) is 15.9 Å². The normalized spacial score (nSPS) is 10.6. The van der Waals surface area contributed by atoms with E-state index in [0.29, 0.717) is 16.3 Å². The Bertz CT molecular complexity index is 689. The maximum absolute atomic E-state index is 12.1. The Morgan fingerprint density at radius 3 is 2.86 bits per heavy atom. The van der Waals surface area contributed by atoms with E-state index >= 15 is 0 Å². The summed E-state index contributed by atoms with van der Waals surface area (Å²) in [7, 11) is 1.51. The van der Waals surface area contributed by atoms with Gasteiger partial charge in [0.25, 0.3) is 5.91 Å². The number of carbonyl (C=O) groups is 1. The molecule has 6 heteroatoms. The van der Waals surface area contributed by atoms with E-state index in [1.165, 1.54) is 13.3 Å². The topological polar surface area (TPSA) is 50.7 Å². The summed E-state index contributed by atoms with van der Waals surface area (Å²) >= 11 is 9.19. The highest BCUT2D eigenvalue weighted by molar-refractivity contribution is 9.10. The number of carbonyl (C=O) groups excluding carboxylic acids is 1. The van der Waals surface area contributed by atoms with Crippen molar-refractivity contribution in [2.24, 2.45) is 5.10 Å². The molecular weight excluding hydrogens is 356 g/mol. The molecule has 2 aromatic rings. The second-order valence-electron chi connectivity index (χ2n) is 4.10. The number of nitrogens with zero attached hydrogens (tertiary/aromatic N) is 1. The van der Waals surface area contributed by atoms with Gasteiger partial charge in [-0.15, -0.1) is 0 Å². The summed E-state index contributed by atoms with van der Waals surface area (Å²) in [5.41, 5.74) is 3.65. The van der Waals surface area contributed by atoms with Crippen molar-refractivity contribution in [2.45, 2.75) is 0 Å². The average Bonchev–Trinajstić information content (AvgIpc) is 2.47. The third-order valence-corrected chi connectivity index (χ3v) is 3.36. The third kappa shape index (κ3) is 4.31. The van der Waals surface area contributed by atoms with Crippen LogP contribution in [0.15, 0.2) is 52.0 Å². The summed E-state index contributed by atoms with van der Waals surface area (Å²) in [6.45, 7) is 0. The summed E-state index contributed by atoms with van der Waals surface area (Å²) in [5, 5.41) is 4.52. The number of halogens is 2.